The van der Waals surface area contributed by atoms with E-state index in [4.69, 9.17) is 21.1 Å². The van der Waals surface area contributed by atoms with E-state index >= 15 is 0 Å². The fraction of sp³-hybridized carbons (Fsp3) is 0.143. The topological polar surface area (TPSA) is 38.7 Å². The molecule has 58 valence electrons. The van der Waals surface area contributed by atoms with Gasteiger partial charge in [0.05, 0.1) is 5.02 Å². The van der Waals surface area contributed by atoms with Crippen molar-refractivity contribution in [1.82, 2.24) is 0 Å². The summed E-state index contributed by atoms with van der Waals surface area (Å²) in [4.78, 5) is 0. The highest BCUT2D eigenvalue weighted by atomic mass is 35.5. The Balaban J connectivity index is 2.64. The molecule has 0 saturated heterocycles. The summed E-state index contributed by atoms with van der Waals surface area (Å²) in [5.41, 5.74) is 0. The van der Waals surface area contributed by atoms with Gasteiger partial charge in [-0.25, -0.2) is 0 Å². The monoisotopic (exact) mass is 172 g/mol. The van der Waals surface area contributed by atoms with Crippen LogP contribution in [-0.2, 0) is 0 Å². The largest absolute Gasteiger partial charge is 0.504 e. The Kier molecular flexibility index (Phi) is 1.32. The van der Waals surface area contributed by atoms with Gasteiger partial charge in [-0.15, -0.1) is 0 Å². The molecule has 1 heterocycles. The molecule has 1 aromatic rings. The minimum absolute atomic E-state index is 0.0573. The summed E-state index contributed by atoms with van der Waals surface area (Å²) in [7, 11) is 0. The lowest BCUT2D eigenvalue weighted by atomic mass is 10.3. The molecule has 0 bridgehead atoms. The van der Waals surface area contributed by atoms with E-state index in [0.717, 1.165) is 0 Å². The Hall–Kier alpha value is -1.09. The maximum atomic E-state index is 9.19. The zero-order valence-electron chi connectivity index (χ0n) is 5.50. The second-order valence-electron chi connectivity index (χ2n) is 2.13. The maximum absolute atomic E-state index is 9.19. The van der Waals surface area contributed by atoms with Crippen LogP contribution in [0.5, 0.6) is 17.2 Å². The van der Waals surface area contributed by atoms with Gasteiger partial charge >= 0.3 is 0 Å². The molecule has 0 atom stereocenters. The molecule has 1 aliphatic heterocycles. The number of hydrogen-bond acceptors (Lipinski definition) is 3. The van der Waals surface area contributed by atoms with Crippen LogP contribution >= 0.6 is 11.6 Å². The van der Waals surface area contributed by atoms with Crippen LogP contribution in [0.15, 0.2) is 12.1 Å². The molecule has 0 aliphatic carbocycles. The normalized spacial score (nSPS) is 13.5. The quantitative estimate of drug-likeness (QED) is 0.648. The molecule has 0 aromatic heterocycles. The molecule has 11 heavy (non-hydrogen) atoms. The molecule has 0 fully saturated rings. The van der Waals surface area contributed by atoms with Crippen molar-refractivity contribution in [2.45, 2.75) is 0 Å². The van der Waals surface area contributed by atoms with Gasteiger partial charge in [-0.05, 0) is 12.1 Å². The molecule has 0 unspecified atom stereocenters. The van der Waals surface area contributed by atoms with Crippen molar-refractivity contribution < 1.29 is 14.6 Å². The first-order chi connectivity index (χ1) is 5.29. The van der Waals surface area contributed by atoms with Crippen molar-refractivity contribution in [3.63, 3.8) is 0 Å². The van der Waals surface area contributed by atoms with E-state index < -0.39 is 0 Å². The summed E-state index contributed by atoms with van der Waals surface area (Å²) < 4.78 is 9.95. The van der Waals surface area contributed by atoms with E-state index in [2.05, 4.69) is 0 Å². The fourth-order valence-electron chi connectivity index (χ4n) is 0.950. The predicted octanol–water partition coefficient (Wildman–Crippen LogP) is 1.77. The first-order valence-electron chi connectivity index (χ1n) is 3.06. The Bertz CT molecular complexity index is 269. The van der Waals surface area contributed by atoms with Gasteiger partial charge in [-0.1, -0.05) is 11.6 Å². The third kappa shape index (κ3) is 0.886. The third-order valence-electron chi connectivity index (χ3n) is 1.45. The van der Waals surface area contributed by atoms with Crippen molar-refractivity contribution in [3.8, 4) is 17.2 Å². The molecule has 0 radical (unpaired) electrons. The standard InChI is InChI=1S/C7H5ClO3/c8-4-1-2-5(9)7-6(4)10-3-11-7/h1-2,9H,3H2. The average molecular weight is 173 g/mol. The average Bonchev–Trinajstić information content (AvgIpc) is 2.45. The highest BCUT2D eigenvalue weighted by Crippen LogP contribution is 2.44. The Morgan fingerprint density at radius 2 is 2.00 bits per heavy atom. The predicted molar refractivity (Wildman–Crippen MR) is 39.2 cm³/mol. The zero-order chi connectivity index (χ0) is 7.84. The summed E-state index contributed by atoms with van der Waals surface area (Å²) in [5, 5.41) is 9.65. The number of ether oxygens (including phenoxy) is 2. The smallest absolute Gasteiger partial charge is 0.231 e. The van der Waals surface area contributed by atoms with Gasteiger partial charge in [-0.2, -0.15) is 0 Å². The lowest BCUT2D eigenvalue weighted by Gasteiger charge is -1.99. The zero-order valence-corrected chi connectivity index (χ0v) is 6.26. The van der Waals surface area contributed by atoms with Crippen molar-refractivity contribution >= 4 is 11.6 Å². The molecular weight excluding hydrogens is 168 g/mol. The molecule has 1 aromatic carbocycles. The van der Waals surface area contributed by atoms with Crippen LogP contribution in [0.4, 0.5) is 0 Å². The van der Waals surface area contributed by atoms with Crippen molar-refractivity contribution in [1.29, 1.82) is 0 Å². The third-order valence-corrected chi connectivity index (χ3v) is 1.75. The molecule has 0 saturated carbocycles. The first-order valence-corrected chi connectivity index (χ1v) is 3.44. The molecule has 1 N–H and O–H groups in total. The van der Waals surface area contributed by atoms with Crippen molar-refractivity contribution in [2.24, 2.45) is 0 Å². The van der Waals surface area contributed by atoms with Gasteiger partial charge in [0, 0.05) is 0 Å². The molecule has 0 amide bonds. The van der Waals surface area contributed by atoms with Crippen molar-refractivity contribution in [3.05, 3.63) is 17.2 Å². The van der Waals surface area contributed by atoms with E-state index in [1.165, 1.54) is 6.07 Å². The number of benzene rings is 1. The van der Waals surface area contributed by atoms with Gasteiger partial charge in [0.25, 0.3) is 0 Å². The second-order valence-corrected chi connectivity index (χ2v) is 2.54. The van der Waals surface area contributed by atoms with Crippen LogP contribution in [0, 0.1) is 0 Å². The van der Waals surface area contributed by atoms with Gasteiger partial charge in [0.2, 0.25) is 12.5 Å². The summed E-state index contributed by atoms with van der Waals surface area (Å²) in [6.45, 7) is 0.118. The first kappa shape index (κ1) is 6.61. The molecule has 1 aliphatic rings. The molecule has 2 rings (SSSR count). The van der Waals surface area contributed by atoms with Crippen LogP contribution in [0.3, 0.4) is 0 Å². The van der Waals surface area contributed by atoms with Gasteiger partial charge in [-0.3, -0.25) is 0 Å². The van der Waals surface area contributed by atoms with Crippen LogP contribution in [0.1, 0.15) is 0 Å². The van der Waals surface area contributed by atoms with Crippen molar-refractivity contribution in [2.75, 3.05) is 6.79 Å². The highest BCUT2D eigenvalue weighted by Gasteiger charge is 2.20. The molecule has 4 heteroatoms. The fourth-order valence-corrected chi connectivity index (χ4v) is 1.15. The van der Waals surface area contributed by atoms with E-state index in [9.17, 15) is 5.11 Å². The summed E-state index contributed by atoms with van der Waals surface area (Å²) >= 11 is 5.73. The Morgan fingerprint density at radius 1 is 1.27 bits per heavy atom. The molecular formula is C7H5ClO3. The summed E-state index contributed by atoms with van der Waals surface area (Å²) in [6.07, 6.45) is 0. The number of aromatic hydroxyl groups is 1. The lowest BCUT2D eigenvalue weighted by molar-refractivity contribution is 0.171. The maximum Gasteiger partial charge on any atom is 0.231 e. The summed E-state index contributed by atoms with van der Waals surface area (Å²) in [6, 6.07) is 3.03. The van der Waals surface area contributed by atoms with E-state index in [0.29, 0.717) is 16.5 Å². The lowest BCUT2D eigenvalue weighted by Crippen LogP contribution is -1.93. The number of halogens is 1. The van der Waals surface area contributed by atoms with Crippen LogP contribution in [-0.4, -0.2) is 11.9 Å². The number of fused-ring (bicyclic) bond motifs is 1. The Labute approximate surface area is 68.1 Å². The minimum Gasteiger partial charge on any atom is -0.504 e. The van der Waals surface area contributed by atoms with Gasteiger partial charge in [0.15, 0.2) is 11.5 Å². The number of hydrogen-bond donors (Lipinski definition) is 1. The number of phenolic OH excluding ortho intramolecular Hbond substituents is 1. The van der Waals surface area contributed by atoms with Crippen LogP contribution < -0.4 is 9.47 Å². The van der Waals surface area contributed by atoms with E-state index in [1.54, 1.807) is 6.07 Å². The van der Waals surface area contributed by atoms with Crippen LogP contribution in [0.2, 0.25) is 5.02 Å². The van der Waals surface area contributed by atoms with E-state index in [-0.39, 0.29) is 12.5 Å². The molecule has 3 nitrogen and oxygen atoms in total. The summed E-state index contributed by atoms with van der Waals surface area (Å²) in [5.74, 6) is 0.811. The molecule has 0 spiro atoms. The SMILES string of the molecule is Oc1ccc(Cl)c2c1OCO2. The number of rotatable bonds is 0. The van der Waals surface area contributed by atoms with E-state index in [1.807, 2.05) is 0 Å². The van der Waals surface area contributed by atoms with Crippen LogP contribution in [0.25, 0.3) is 0 Å². The second kappa shape index (κ2) is 2.20. The van der Waals surface area contributed by atoms with Gasteiger partial charge < -0.3 is 14.6 Å². The highest BCUT2D eigenvalue weighted by molar-refractivity contribution is 6.32. The Morgan fingerprint density at radius 3 is 2.73 bits per heavy atom. The van der Waals surface area contributed by atoms with Gasteiger partial charge in [0.1, 0.15) is 0 Å². The number of phenols is 1. The minimum atomic E-state index is 0.0573.